The Morgan fingerprint density at radius 3 is 2.69 bits per heavy atom. The van der Waals surface area contributed by atoms with E-state index in [1.807, 2.05) is 6.07 Å². The molecule has 1 aromatic rings. The molecular weight excluding hydrogens is 230 g/mol. The molecule has 0 aromatic heterocycles. The molecule has 1 nitrogen and oxygen atoms in total. The van der Waals surface area contributed by atoms with Crippen molar-refractivity contribution in [3.63, 3.8) is 0 Å². The van der Waals surface area contributed by atoms with Crippen LogP contribution in [-0.4, -0.2) is 10.6 Å². The van der Waals surface area contributed by atoms with Gasteiger partial charge in [0.15, 0.2) is 0 Å². The van der Waals surface area contributed by atoms with Gasteiger partial charge in [-0.15, -0.1) is 11.6 Å². The molecule has 0 saturated carbocycles. The van der Waals surface area contributed by atoms with Crippen molar-refractivity contribution in [3.05, 3.63) is 34.9 Å². The van der Waals surface area contributed by atoms with Gasteiger partial charge >= 0.3 is 0 Å². The van der Waals surface area contributed by atoms with Crippen LogP contribution in [0.5, 0.6) is 0 Å². The average molecular weight is 238 g/mol. The highest BCUT2D eigenvalue weighted by Gasteiger charge is 2.12. The minimum atomic E-state index is -0.680. The first kappa shape index (κ1) is 10.8. The van der Waals surface area contributed by atoms with E-state index in [2.05, 4.69) is 0 Å². The first-order valence-electron chi connectivity index (χ1n) is 3.67. The molecule has 0 spiro atoms. The summed E-state index contributed by atoms with van der Waals surface area (Å²) in [7, 11) is 0. The molecule has 0 bridgehead atoms. The highest BCUT2D eigenvalue weighted by molar-refractivity contribution is 6.69. The molecule has 70 valence electrons. The van der Waals surface area contributed by atoms with E-state index in [1.165, 1.54) is 0 Å². The van der Waals surface area contributed by atoms with Gasteiger partial charge in [-0.2, -0.15) is 0 Å². The van der Waals surface area contributed by atoms with E-state index < -0.39 is 10.6 Å². The normalized spacial score (nSPS) is 12.5. The third-order valence-corrected chi connectivity index (χ3v) is 2.51. The fourth-order valence-corrected chi connectivity index (χ4v) is 1.42. The minimum Gasteiger partial charge on any atom is -0.280 e. The van der Waals surface area contributed by atoms with E-state index in [9.17, 15) is 4.79 Å². The summed E-state index contributed by atoms with van der Waals surface area (Å²) in [6.45, 7) is 0. The fraction of sp³-hybridized carbons (Fsp3) is 0.222. The Kier molecular flexibility index (Phi) is 4.04. The lowest BCUT2D eigenvalue weighted by molar-refractivity contribution is -0.111. The van der Waals surface area contributed by atoms with Crippen LogP contribution in [0.1, 0.15) is 5.56 Å². The molecule has 1 unspecified atom stereocenters. The maximum Gasteiger partial charge on any atom is 0.239 e. The second kappa shape index (κ2) is 4.85. The van der Waals surface area contributed by atoms with Gasteiger partial charge in [0, 0.05) is 5.02 Å². The zero-order chi connectivity index (χ0) is 9.84. The quantitative estimate of drug-likeness (QED) is 0.582. The van der Waals surface area contributed by atoms with Gasteiger partial charge in [0.2, 0.25) is 5.24 Å². The van der Waals surface area contributed by atoms with Gasteiger partial charge in [0.05, 0.1) is 0 Å². The molecule has 1 atom stereocenters. The van der Waals surface area contributed by atoms with Crippen molar-refractivity contribution in [1.29, 1.82) is 0 Å². The topological polar surface area (TPSA) is 17.1 Å². The number of alkyl halides is 1. The molecule has 0 saturated heterocycles. The number of hydrogen-bond acceptors (Lipinski definition) is 1. The molecule has 0 heterocycles. The van der Waals surface area contributed by atoms with Crippen molar-refractivity contribution < 1.29 is 4.79 Å². The Bertz CT molecular complexity index is 311. The Hall–Kier alpha value is -0.240. The van der Waals surface area contributed by atoms with E-state index >= 15 is 0 Å². The highest BCUT2D eigenvalue weighted by atomic mass is 35.5. The minimum absolute atomic E-state index is 0.407. The summed E-state index contributed by atoms with van der Waals surface area (Å²) in [5, 5.41) is -0.592. The van der Waals surface area contributed by atoms with Crippen LogP contribution in [-0.2, 0) is 11.2 Å². The summed E-state index contributed by atoms with van der Waals surface area (Å²) < 4.78 is 0. The van der Waals surface area contributed by atoms with Gasteiger partial charge in [-0.3, -0.25) is 4.79 Å². The van der Waals surface area contributed by atoms with E-state index in [4.69, 9.17) is 34.8 Å². The van der Waals surface area contributed by atoms with Crippen molar-refractivity contribution in [2.45, 2.75) is 11.8 Å². The van der Waals surface area contributed by atoms with Crippen molar-refractivity contribution in [2.75, 3.05) is 0 Å². The van der Waals surface area contributed by atoms with Crippen molar-refractivity contribution in [1.82, 2.24) is 0 Å². The maximum atomic E-state index is 10.6. The molecule has 0 radical (unpaired) electrons. The number of carbonyl (C=O) groups excluding carboxylic acids is 1. The molecule has 0 aliphatic carbocycles. The molecule has 1 rings (SSSR count). The predicted molar refractivity (Wildman–Crippen MR) is 55.7 cm³/mol. The van der Waals surface area contributed by atoms with E-state index in [1.54, 1.807) is 18.2 Å². The Labute approximate surface area is 91.6 Å². The van der Waals surface area contributed by atoms with Crippen LogP contribution in [0.4, 0.5) is 0 Å². The van der Waals surface area contributed by atoms with Crippen LogP contribution >= 0.6 is 34.8 Å². The molecule has 1 aromatic carbocycles. The lowest BCUT2D eigenvalue weighted by Gasteiger charge is -2.03. The number of benzene rings is 1. The summed E-state index contributed by atoms with van der Waals surface area (Å²) in [5.41, 5.74) is 0.904. The molecule has 0 aliphatic rings. The van der Waals surface area contributed by atoms with Gasteiger partial charge in [0.1, 0.15) is 5.38 Å². The third kappa shape index (κ3) is 3.55. The number of carbonyl (C=O) groups is 1. The lowest BCUT2D eigenvalue weighted by atomic mass is 10.1. The number of rotatable bonds is 3. The van der Waals surface area contributed by atoms with Crippen molar-refractivity contribution in [2.24, 2.45) is 0 Å². The zero-order valence-corrected chi connectivity index (χ0v) is 8.90. The molecular formula is C9H7Cl3O. The summed E-state index contributed by atoms with van der Waals surface area (Å²) in [4.78, 5) is 10.6. The Morgan fingerprint density at radius 1 is 1.46 bits per heavy atom. The monoisotopic (exact) mass is 236 g/mol. The van der Waals surface area contributed by atoms with E-state index in [-0.39, 0.29) is 0 Å². The summed E-state index contributed by atoms with van der Waals surface area (Å²) in [5.74, 6) is 0. The van der Waals surface area contributed by atoms with Crippen LogP contribution < -0.4 is 0 Å². The maximum absolute atomic E-state index is 10.6. The average Bonchev–Trinajstić information content (AvgIpc) is 2.04. The Balaban J connectivity index is 2.69. The first-order chi connectivity index (χ1) is 6.09. The number of hydrogen-bond donors (Lipinski definition) is 0. The van der Waals surface area contributed by atoms with Gasteiger partial charge in [-0.1, -0.05) is 23.7 Å². The number of halogens is 3. The van der Waals surface area contributed by atoms with Crippen LogP contribution in [0.3, 0.4) is 0 Å². The molecule has 0 aliphatic heterocycles. The van der Waals surface area contributed by atoms with Gasteiger partial charge < -0.3 is 0 Å². The molecule has 4 heteroatoms. The van der Waals surface area contributed by atoms with Gasteiger partial charge in [-0.05, 0) is 35.7 Å². The molecule has 0 amide bonds. The molecule has 0 fully saturated rings. The molecule has 0 N–H and O–H groups in total. The summed E-state index contributed by atoms with van der Waals surface area (Å²) in [6.07, 6.45) is 0.407. The van der Waals surface area contributed by atoms with E-state index in [0.29, 0.717) is 11.4 Å². The Morgan fingerprint density at radius 2 is 2.15 bits per heavy atom. The standard InChI is InChI=1S/C9H7Cl3O/c10-7-3-1-2-6(4-7)5-8(11)9(12)13/h1-4,8H,5H2. The molecule has 13 heavy (non-hydrogen) atoms. The second-order valence-corrected chi connectivity index (χ2v) is 3.94. The van der Waals surface area contributed by atoms with E-state index in [0.717, 1.165) is 5.56 Å². The largest absolute Gasteiger partial charge is 0.280 e. The van der Waals surface area contributed by atoms with Crippen molar-refractivity contribution >= 4 is 40.0 Å². The third-order valence-electron chi connectivity index (χ3n) is 1.55. The predicted octanol–water partition coefficient (Wildman–Crippen LogP) is 3.26. The van der Waals surface area contributed by atoms with Crippen LogP contribution in [0.15, 0.2) is 24.3 Å². The van der Waals surface area contributed by atoms with Gasteiger partial charge in [0.25, 0.3) is 0 Å². The summed E-state index contributed by atoms with van der Waals surface area (Å²) >= 11 is 16.6. The highest BCUT2D eigenvalue weighted by Crippen LogP contribution is 2.15. The zero-order valence-electron chi connectivity index (χ0n) is 6.64. The van der Waals surface area contributed by atoms with Crippen LogP contribution in [0.2, 0.25) is 5.02 Å². The smallest absolute Gasteiger partial charge is 0.239 e. The summed E-state index contributed by atoms with van der Waals surface area (Å²) in [6, 6.07) is 7.18. The van der Waals surface area contributed by atoms with Crippen LogP contribution in [0, 0.1) is 0 Å². The van der Waals surface area contributed by atoms with Crippen molar-refractivity contribution in [3.8, 4) is 0 Å². The SMILES string of the molecule is O=C(Cl)C(Cl)Cc1cccc(Cl)c1. The fourth-order valence-electron chi connectivity index (χ4n) is 0.951. The van der Waals surface area contributed by atoms with Crippen LogP contribution in [0.25, 0.3) is 0 Å². The second-order valence-electron chi connectivity index (χ2n) is 2.61. The van der Waals surface area contributed by atoms with Gasteiger partial charge in [-0.25, -0.2) is 0 Å². The lowest BCUT2D eigenvalue weighted by Crippen LogP contribution is -2.10. The first-order valence-corrected chi connectivity index (χ1v) is 4.86.